The molecule has 0 bridgehead atoms. The van der Waals surface area contributed by atoms with Gasteiger partial charge < -0.3 is 15.5 Å². The minimum absolute atomic E-state index is 0.0434. The van der Waals surface area contributed by atoms with Gasteiger partial charge in [0.25, 0.3) is 0 Å². The summed E-state index contributed by atoms with van der Waals surface area (Å²) < 4.78 is 25.3. The molecular formula is C17H29N5O3S2. The zero-order valence-corrected chi connectivity index (χ0v) is 17.8. The molecule has 0 saturated carbocycles. The number of rotatable bonds is 8. The summed E-state index contributed by atoms with van der Waals surface area (Å²) in [6.45, 7) is 1.75. The van der Waals surface area contributed by atoms with Gasteiger partial charge in [0.05, 0.1) is 6.26 Å². The number of hydrogen-bond donors (Lipinski definition) is 2. The molecule has 1 aromatic heterocycles. The maximum atomic E-state index is 11.9. The van der Waals surface area contributed by atoms with E-state index >= 15 is 0 Å². The standard InChI is InChI=1S/C17H29N5O3S2/c1-21(2)16(23)13-20-17(18-9-8-15-7-5-11-26-15)19-12-14-6-4-10-22(14)27(3,24)25/h5,7,11,14H,4,6,8-10,12-13H2,1-3H3,(H2,18,19,20)/t14-/m1/s1. The van der Waals surface area contributed by atoms with Crippen LogP contribution in [-0.4, -0.2) is 82.1 Å². The van der Waals surface area contributed by atoms with E-state index in [1.807, 2.05) is 11.4 Å². The molecule has 1 atom stereocenters. The maximum Gasteiger partial charge on any atom is 0.243 e. The van der Waals surface area contributed by atoms with Gasteiger partial charge in [-0.25, -0.2) is 13.4 Å². The van der Waals surface area contributed by atoms with Gasteiger partial charge in [-0.3, -0.25) is 4.79 Å². The molecule has 0 radical (unpaired) electrons. The summed E-state index contributed by atoms with van der Waals surface area (Å²) in [6.07, 6.45) is 3.78. The molecule has 1 amide bonds. The summed E-state index contributed by atoms with van der Waals surface area (Å²) in [5.41, 5.74) is 0. The van der Waals surface area contributed by atoms with Crippen LogP contribution in [0.15, 0.2) is 22.5 Å². The highest BCUT2D eigenvalue weighted by Gasteiger charge is 2.31. The van der Waals surface area contributed by atoms with Gasteiger partial charge in [0.1, 0.15) is 6.54 Å². The van der Waals surface area contributed by atoms with Crippen LogP contribution in [0.2, 0.25) is 0 Å². The summed E-state index contributed by atoms with van der Waals surface area (Å²) in [6, 6.07) is 4.01. The Morgan fingerprint density at radius 3 is 2.81 bits per heavy atom. The lowest BCUT2D eigenvalue weighted by Gasteiger charge is -2.23. The molecule has 1 aliphatic heterocycles. The predicted molar refractivity (Wildman–Crippen MR) is 110 cm³/mol. The number of nitrogens with one attached hydrogen (secondary N) is 2. The number of thiophene rings is 1. The molecule has 1 fully saturated rings. The van der Waals surface area contributed by atoms with Crippen molar-refractivity contribution in [2.75, 3.05) is 46.5 Å². The van der Waals surface area contributed by atoms with E-state index in [2.05, 4.69) is 21.7 Å². The van der Waals surface area contributed by atoms with Crippen molar-refractivity contribution in [2.45, 2.75) is 25.3 Å². The van der Waals surface area contributed by atoms with Crippen molar-refractivity contribution in [1.82, 2.24) is 19.8 Å². The van der Waals surface area contributed by atoms with Crippen LogP contribution in [0.1, 0.15) is 17.7 Å². The first-order chi connectivity index (χ1) is 12.8. The van der Waals surface area contributed by atoms with Crippen LogP contribution in [0.3, 0.4) is 0 Å². The summed E-state index contributed by atoms with van der Waals surface area (Å²) in [5, 5.41) is 8.48. The van der Waals surface area contributed by atoms with Crippen molar-refractivity contribution in [3.63, 3.8) is 0 Å². The molecule has 2 rings (SSSR count). The second kappa shape index (κ2) is 10.0. The van der Waals surface area contributed by atoms with E-state index in [0.29, 0.717) is 25.6 Å². The normalized spacial score (nSPS) is 18.5. The molecule has 1 aliphatic rings. The Kier molecular flexibility index (Phi) is 8.06. The maximum absolute atomic E-state index is 11.9. The van der Waals surface area contributed by atoms with E-state index in [9.17, 15) is 13.2 Å². The number of nitrogens with zero attached hydrogens (tertiary/aromatic N) is 3. The van der Waals surface area contributed by atoms with Crippen LogP contribution in [-0.2, 0) is 21.2 Å². The summed E-state index contributed by atoms with van der Waals surface area (Å²) in [4.78, 5) is 18.9. The van der Waals surface area contributed by atoms with Crippen molar-refractivity contribution >= 4 is 33.2 Å². The third kappa shape index (κ3) is 7.11. The van der Waals surface area contributed by atoms with Gasteiger partial charge in [-0.2, -0.15) is 4.31 Å². The van der Waals surface area contributed by atoms with Gasteiger partial charge in [0.2, 0.25) is 15.9 Å². The zero-order chi connectivity index (χ0) is 19.9. The van der Waals surface area contributed by atoms with Crippen LogP contribution in [0.4, 0.5) is 0 Å². The summed E-state index contributed by atoms with van der Waals surface area (Å²) >= 11 is 1.70. The number of likely N-dealkylation sites (N-methyl/N-ethyl adjacent to an activating group) is 1. The topological polar surface area (TPSA) is 94.1 Å². The molecule has 0 unspecified atom stereocenters. The molecule has 1 aromatic rings. The number of sulfonamides is 1. The van der Waals surface area contributed by atoms with Crippen LogP contribution >= 0.6 is 11.3 Å². The molecule has 0 aromatic carbocycles. The molecule has 0 spiro atoms. The van der Waals surface area contributed by atoms with Crippen molar-refractivity contribution in [3.8, 4) is 0 Å². The molecule has 1 saturated heterocycles. The number of guanidine groups is 1. The Hall–Kier alpha value is -1.65. The molecule has 2 N–H and O–H groups in total. The molecule has 10 heteroatoms. The van der Waals surface area contributed by atoms with E-state index in [4.69, 9.17) is 0 Å². The fourth-order valence-electron chi connectivity index (χ4n) is 2.89. The van der Waals surface area contributed by atoms with Gasteiger partial charge in [-0.15, -0.1) is 11.3 Å². The van der Waals surface area contributed by atoms with Gasteiger partial charge >= 0.3 is 0 Å². The smallest absolute Gasteiger partial charge is 0.243 e. The highest BCUT2D eigenvalue weighted by atomic mass is 32.2. The minimum Gasteiger partial charge on any atom is -0.356 e. The Labute approximate surface area is 165 Å². The average molecular weight is 416 g/mol. The average Bonchev–Trinajstić information content (AvgIpc) is 3.27. The van der Waals surface area contributed by atoms with Crippen LogP contribution in [0.25, 0.3) is 0 Å². The van der Waals surface area contributed by atoms with Crippen molar-refractivity contribution in [3.05, 3.63) is 22.4 Å². The molecule has 152 valence electrons. The molecule has 0 aliphatic carbocycles. The van der Waals surface area contributed by atoms with Crippen LogP contribution < -0.4 is 10.6 Å². The van der Waals surface area contributed by atoms with E-state index in [1.54, 1.807) is 25.4 Å². The van der Waals surface area contributed by atoms with E-state index in [-0.39, 0.29) is 18.5 Å². The summed E-state index contributed by atoms with van der Waals surface area (Å²) in [5.74, 6) is 0.440. The molecule has 27 heavy (non-hydrogen) atoms. The van der Waals surface area contributed by atoms with E-state index < -0.39 is 10.0 Å². The Morgan fingerprint density at radius 1 is 1.41 bits per heavy atom. The molecule has 2 heterocycles. The number of aliphatic imine (C=N–C) groups is 1. The highest BCUT2D eigenvalue weighted by Crippen LogP contribution is 2.19. The first kappa shape index (κ1) is 21.6. The van der Waals surface area contributed by atoms with Crippen molar-refractivity contribution in [1.29, 1.82) is 0 Å². The first-order valence-electron chi connectivity index (χ1n) is 8.99. The summed E-state index contributed by atoms with van der Waals surface area (Å²) in [7, 11) is 0.175. The Morgan fingerprint density at radius 2 is 2.19 bits per heavy atom. The lowest BCUT2D eigenvalue weighted by Crippen LogP contribution is -2.47. The Bertz CT molecular complexity index is 732. The SMILES string of the molecule is CN(C)C(=O)CN=C(NCCc1cccs1)NC[C@H]1CCCN1S(C)(=O)=O. The second-order valence-electron chi connectivity index (χ2n) is 6.76. The van der Waals surface area contributed by atoms with Gasteiger partial charge in [-0.1, -0.05) is 6.07 Å². The minimum atomic E-state index is -3.21. The van der Waals surface area contributed by atoms with Crippen LogP contribution in [0, 0.1) is 0 Å². The number of carbonyl (C=O) groups excluding carboxylic acids is 1. The predicted octanol–water partition coefficient (Wildman–Crippen LogP) is 0.338. The fraction of sp³-hybridized carbons (Fsp3) is 0.647. The monoisotopic (exact) mass is 415 g/mol. The van der Waals surface area contributed by atoms with Crippen LogP contribution in [0.5, 0.6) is 0 Å². The lowest BCUT2D eigenvalue weighted by atomic mass is 10.2. The zero-order valence-electron chi connectivity index (χ0n) is 16.1. The third-order valence-electron chi connectivity index (χ3n) is 4.37. The Balaban J connectivity index is 1.93. The van der Waals surface area contributed by atoms with Gasteiger partial charge in [0.15, 0.2) is 5.96 Å². The number of hydrogen-bond acceptors (Lipinski definition) is 5. The van der Waals surface area contributed by atoms with Crippen molar-refractivity contribution in [2.24, 2.45) is 4.99 Å². The van der Waals surface area contributed by atoms with E-state index in [0.717, 1.165) is 19.3 Å². The van der Waals surface area contributed by atoms with Gasteiger partial charge in [0, 0.05) is 44.6 Å². The van der Waals surface area contributed by atoms with Crippen molar-refractivity contribution < 1.29 is 13.2 Å². The quantitative estimate of drug-likeness (QED) is 0.472. The highest BCUT2D eigenvalue weighted by molar-refractivity contribution is 7.88. The molecule has 8 nitrogen and oxygen atoms in total. The largest absolute Gasteiger partial charge is 0.356 e. The van der Waals surface area contributed by atoms with E-state index in [1.165, 1.54) is 20.3 Å². The second-order valence-corrected chi connectivity index (χ2v) is 9.73. The lowest BCUT2D eigenvalue weighted by molar-refractivity contribution is -0.127. The number of amides is 1. The fourth-order valence-corrected chi connectivity index (χ4v) is 4.78. The first-order valence-corrected chi connectivity index (χ1v) is 11.7. The van der Waals surface area contributed by atoms with Gasteiger partial charge in [-0.05, 0) is 30.7 Å². The third-order valence-corrected chi connectivity index (χ3v) is 6.64. The number of carbonyl (C=O) groups is 1. The molecular weight excluding hydrogens is 386 g/mol.